The van der Waals surface area contributed by atoms with Gasteiger partial charge in [0, 0.05) is 30.6 Å². The van der Waals surface area contributed by atoms with E-state index >= 15 is 0 Å². The fourth-order valence-corrected chi connectivity index (χ4v) is 7.14. The summed E-state index contributed by atoms with van der Waals surface area (Å²) < 4.78 is 37.9. The number of benzene rings is 3. The normalized spacial score (nSPS) is 19.0. The number of fused-ring (bicyclic) bond motifs is 3. The molecule has 4 aromatic rings. The Labute approximate surface area is 306 Å². The number of methoxy groups -OCH3 is 2. The fraction of sp³-hybridized carbons (Fsp3) is 0.342. The molecule has 51 heavy (non-hydrogen) atoms. The number of rotatable bonds is 13. The lowest BCUT2D eigenvalue weighted by Crippen LogP contribution is -2.52. The number of ether oxygens (including phenoxy) is 4. The van der Waals surface area contributed by atoms with Gasteiger partial charge in [0.05, 0.1) is 19.8 Å². The fourth-order valence-electron chi connectivity index (χ4n) is 6.60. The second kappa shape index (κ2) is 17.3. The molecule has 270 valence electrons. The van der Waals surface area contributed by atoms with Crippen molar-refractivity contribution in [1.82, 2.24) is 10.2 Å². The molecule has 1 aromatic heterocycles. The highest BCUT2D eigenvalue weighted by atomic mass is 35.5. The zero-order valence-electron chi connectivity index (χ0n) is 28.2. The van der Waals surface area contributed by atoms with E-state index in [1.807, 2.05) is 0 Å². The van der Waals surface area contributed by atoms with Crippen molar-refractivity contribution in [2.45, 2.75) is 44.1 Å². The van der Waals surface area contributed by atoms with Crippen molar-refractivity contribution in [1.29, 1.82) is 0 Å². The summed E-state index contributed by atoms with van der Waals surface area (Å²) in [6, 6.07) is 17.3. The summed E-state index contributed by atoms with van der Waals surface area (Å²) >= 11 is 12.9. The molecule has 0 saturated carbocycles. The van der Waals surface area contributed by atoms with E-state index in [2.05, 4.69) is 15.2 Å². The van der Waals surface area contributed by atoms with Gasteiger partial charge in [-0.2, -0.15) is 0 Å². The first-order chi connectivity index (χ1) is 24.2. The average molecular weight is 741 g/mol. The molecule has 0 aliphatic carbocycles. The van der Waals surface area contributed by atoms with Crippen LogP contribution >= 0.6 is 23.2 Å². The Bertz CT molecular complexity index is 1800. The highest BCUT2D eigenvalue weighted by molar-refractivity contribution is 6.35. The predicted octanol–water partition coefficient (Wildman–Crippen LogP) is 6.40. The van der Waals surface area contributed by atoms with Gasteiger partial charge < -0.3 is 24.4 Å². The summed E-state index contributed by atoms with van der Waals surface area (Å²) in [5.74, 6) is -0.238. The van der Waals surface area contributed by atoms with Crippen molar-refractivity contribution in [3.63, 3.8) is 0 Å². The molecule has 7 rings (SSSR count). The summed E-state index contributed by atoms with van der Waals surface area (Å²) in [5.41, 5.74) is 2.56. The van der Waals surface area contributed by atoms with Crippen LogP contribution in [0.4, 0.5) is 4.39 Å². The van der Waals surface area contributed by atoms with E-state index in [-0.39, 0.29) is 30.1 Å². The molecule has 0 radical (unpaired) electrons. The second-order valence-electron chi connectivity index (χ2n) is 12.5. The van der Waals surface area contributed by atoms with Crippen LogP contribution < -0.4 is 19.8 Å². The van der Waals surface area contributed by atoms with Crippen LogP contribution in [0.25, 0.3) is 0 Å². The third kappa shape index (κ3) is 8.98. The number of halogens is 3. The molecule has 10 nitrogen and oxygen atoms in total. The molecule has 1 unspecified atom stereocenters. The maximum Gasteiger partial charge on any atom is 0.338 e. The zero-order chi connectivity index (χ0) is 35.2. The van der Waals surface area contributed by atoms with Crippen LogP contribution in [0.3, 0.4) is 0 Å². The standard InChI is InChI=1S/C38H38Cl2FN3O6.H2O/c1-47-32-12-11-26(17-34(32)48-2)33(18-28-29(39)20-42-21-30(28)40)49-37(45)25-9-7-23(8-10-25)19-43-36(27-5-3-4-6-31(27)41)38(46)50-35-22-44-15-13-24(35)14-16-44;/h3-12,17,20-21,24,33,35-36,43H,13-16,18-19,22H2,1-2H3;1H2/t33-,35-,36?;/m0./s1. The monoisotopic (exact) mass is 739 g/mol. The summed E-state index contributed by atoms with van der Waals surface area (Å²) in [6.45, 7) is 2.96. The van der Waals surface area contributed by atoms with Gasteiger partial charge in [0.25, 0.3) is 0 Å². The first kappa shape index (κ1) is 38.0. The molecule has 2 bridgehead atoms. The molecule has 3 aliphatic heterocycles. The van der Waals surface area contributed by atoms with Crippen LogP contribution in [-0.2, 0) is 27.2 Å². The number of aromatic nitrogens is 1. The highest BCUT2D eigenvalue weighted by Crippen LogP contribution is 2.36. The highest BCUT2D eigenvalue weighted by Gasteiger charge is 2.38. The quantitative estimate of drug-likeness (QED) is 0.155. The number of carbonyl (C=O) groups excluding carboxylic acids is 2. The Kier molecular flexibility index (Phi) is 12.9. The number of hydrogen-bond acceptors (Lipinski definition) is 9. The van der Waals surface area contributed by atoms with Crippen LogP contribution in [0.1, 0.15) is 57.6 Å². The number of hydrogen-bond donors (Lipinski definition) is 1. The third-order valence-electron chi connectivity index (χ3n) is 9.43. The van der Waals surface area contributed by atoms with Gasteiger partial charge in [0.15, 0.2) is 23.9 Å². The first-order valence-corrected chi connectivity index (χ1v) is 17.3. The smallest absolute Gasteiger partial charge is 0.338 e. The molecule has 3 N–H and O–H groups in total. The molecule has 0 amide bonds. The van der Waals surface area contributed by atoms with Crippen molar-refractivity contribution < 1.29 is 43.4 Å². The minimum Gasteiger partial charge on any atom is -0.870 e. The Morgan fingerprint density at radius 2 is 1.65 bits per heavy atom. The molecular weight excluding hydrogens is 700 g/mol. The van der Waals surface area contributed by atoms with Gasteiger partial charge >= 0.3 is 11.9 Å². The van der Waals surface area contributed by atoms with E-state index in [9.17, 15) is 14.0 Å². The van der Waals surface area contributed by atoms with E-state index in [4.69, 9.17) is 42.1 Å². The largest absolute Gasteiger partial charge is 0.870 e. The molecule has 3 aromatic carbocycles. The number of aromatic amines is 1. The lowest BCUT2D eigenvalue weighted by atomic mass is 9.86. The SMILES string of the molecule is COc1ccc([C@H](Cc2c(Cl)c[nH+]cc2Cl)OC(=O)c2ccc(CNC(C(=O)O[C@H]3CN4CCC3CC4)c3ccccc3F)cc2)cc1OC.[OH-]. The van der Waals surface area contributed by atoms with Gasteiger partial charge in [-0.15, -0.1) is 0 Å². The Balaban J connectivity index is 0.00000504. The van der Waals surface area contributed by atoms with Crippen LogP contribution in [0.5, 0.6) is 11.5 Å². The molecule has 3 fully saturated rings. The van der Waals surface area contributed by atoms with Crippen LogP contribution in [0.15, 0.2) is 79.1 Å². The number of pyridine rings is 1. The second-order valence-corrected chi connectivity index (χ2v) is 13.3. The topological polar surface area (TPSA) is 130 Å². The number of esters is 2. The van der Waals surface area contributed by atoms with Gasteiger partial charge in [0.1, 0.15) is 34.1 Å². The summed E-state index contributed by atoms with van der Waals surface area (Å²) in [6.07, 6.45) is 4.42. The van der Waals surface area contributed by atoms with Gasteiger partial charge in [0.2, 0.25) is 0 Å². The minimum atomic E-state index is -1.01. The van der Waals surface area contributed by atoms with Gasteiger partial charge in [-0.25, -0.2) is 19.0 Å². The van der Waals surface area contributed by atoms with Gasteiger partial charge in [-0.1, -0.05) is 59.6 Å². The zero-order valence-corrected chi connectivity index (χ0v) is 29.8. The van der Waals surface area contributed by atoms with Crippen molar-refractivity contribution in [3.05, 3.63) is 123 Å². The van der Waals surface area contributed by atoms with Gasteiger partial charge in [-0.3, -0.25) is 10.2 Å². The Morgan fingerprint density at radius 1 is 0.961 bits per heavy atom. The summed E-state index contributed by atoms with van der Waals surface area (Å²) in [5, 5.41) is 3.99. The van der Waals surface area contributed by atoms with E-state index in [0.29, 0.717) is 50.7 Å². The number of nitrogens with zero attached hydrogens (tertiary/aromatic N) is 1. The van der Waals surface area contributed by atoms with Crippen molar-refractivity contribution in [2.24, 2.45) is 5.92 Å². The van der Waals surface area contributed by atoms with E-state index < -0.39 is 29.9 Å². The van der Waals surface area contributed by atoms with Crippen LogP contribution in [-0.4, -0.2) is 62.3 Å². The minimum absolute atomic E-state index is 0. The van der Waals surface area contributed by atoms with E-state index in [0.717, 1.165) is 31.5 Å². The number of carbonyl (C=O) groups is 2. The maximum atomic E-state index is 14.9. The molecule has 3 saturated heterocycles. The maximum absolute atomic E-state index is 14.9. The van der Waals surface area contributed by atoms with Crippen LogP contribution in [0, 0.1) is 11.7 Å². The molecule has 3 aliphatic rings. The number of nitrogens with one attached hydrogen (secondary N) is 2. The van der Waals surface area contributed by atoms with Gasteiger partial charge in [-0.05, 0) is 73.3 Å². The first-order valence-electron chi connectivity index (χ1n) is 16.5. The van der Waals surface area contributed by atoms with Crippen molar-refractivity contribution >= 4 is 35.1 Å². The van der Waals surface area contributed by atoms with E-state index in [1.165, 1.54) is 13.2 Å². The number of H-pyrrole nitrogens is 1. The summed E-state index contributed by atoms with van der Waals surface area (Å²) in [7, 11) is 3.07. The number of piperidine rings is 3. The lowest BCUT2D eigenvalue weighted by molar-refractivity contribution is -0.377. The molecular formula is C38H40Cl2FN3O7. The summed E-state index contributed by atoms with van der Waals surface area (Å²) in [4.78, 5) is 32.2. The van der Waals surface area contributed by atoms with Crippen molar-refractivity contribution in [2.75, 3.05) is 33.9 Å². The van der Waals surface area contributed by atoms with Crippen molar-refractivity contribution in [3.8, 4) is 11.5 Å². The molecule has 0 spiro atoms. The molecule has 4 heterocycles. The average Bonchev–Trinajstić information content (AvgIpc) is 3.14. The molecule has 3 atom stereocenters. The Hall–Kier alpha value is -4.26. The lowest BCUT2D eigenvalue weighted by Gasteiger charge is -2.44. The molecule has 13 heteroatoms. The van der Waals surface area contributed by atoms with Crippen LogP contribution in [0.2, 0.25) is 10.0 Å². The Morgan fingerprint density at radius 3 is 2.27 bits per heavy atom. The third-order valence-corrected chi connectivity index (χ3v) is 10.1. The predicted molar refractivity (Wildman–Crippen MR) is 188 cm³/mol. The van der Waals surface area contributed by atoms with E-state index in [1.54, 1.807) is 80.2 Å².